The van der Waals surface area contributed by atoms with Crippen molar-refractivity contribution in [1.29, 1.82) is 0 Å². The van der Waals surface area contributed by atoms with Crippen LogP contribution in [0.5, 0.6) is 0 Å². The summed E-state index contributed by atoms with van der Waals surface area (Å²) in [5.74, 6) is -0.127. The fraction of sp³-hybridized carbons (Fsp3) is 0.625. The second-order valence-corrected chi connectivity index (χ2v) is 7.93. The van der Waals surface area contributed by atoms with Gasteiger partial charge in [0.2, 0.25) is 0 Å². The first-order valence-electron chi connectivity index (χ1n) is 3.40. The van der Waals surface area contributed by atoms with E-state index in [2.05, 4.69) is 30.5 Å². The molecule has 0 radical (unpaired) electrons. The molecule has 0 saturated carbocycles. The van der Waals surface area contributed by atoms with Crippen LogP contribution in [0.3, 0.4) is 0 Å². The molecule has 0 amide bonds. The molecule has 2 nitrogen and oxygen atoms in total. The molecule has 0 fully saturated rings. The molecule has 0 heterocycles. The number of methoxy groups -OCH3 is 1. The summed E-state index contributed by atoms with van der Waals surface area (Å²) < 4.78 is 4.57. The van der Waals surface area contributed by atoms with Gasteiger partial charge in [0.15, 0.2) is 0 Å². The van der Waals surface area contributed by atoms with Gasteiger partial charge in [0.1, 0.15) is 5.31 Å². The van der Waals surface area contributed by atoms with E-state index >= 15 is 0 Å². The monoisotopic (exact) mass is 175 g/mol. The van der Waals surface area contributed by atoms with Gasteiger partial charge in [-0.3, -0.25) is 0 Å². The predicted molar refractivity (Wildman–Crippen MR) is 50.5 cm³/mol. The molecule has 64 valence electrons. The third-order valence-corrected chi connectivity index (χ3v) is 3.61. The first kappa shape index (κ1) is 10.6. The van der Waals surface area contributed by atoms with Crippen molar-refractivity contribution in [2.24, 2.45) is 0 Å². The van der Waals surface area contributed by atoms with Gasteiger partial charge in [-0.05, 0) is 0 Å². The van der Waals surface area contributed by atoms with Crippen LogP contribution in [0.15, 0.2) is 17.0 Å². The molecule has 1 N–H and O–H groups in total. The van der Waals surface area contributed by atoms with Crippen LogP contribution >= 0.6 is 7.26 Å². The quantitative estimate of drug-likeness (QED) is 0.397. The molecule has 0 aromatic rings. The molecule has 0 bridgehead atoms. The minimum Gasteiger partial charge on any atom is -0.475 e. The Bertz CT molecular complexity index is 195. The van der Waals surface area contributed by atoms with Crippen LogP contribution in [0.1, 0.15) is 6.92 Å². The topological polar surface area (TPSA) is 29.5 Å². The Morgan fingerprint density at radius 3 is 2.09 bits per heavy atom. The predicted octanol–water partition coefficient (Wildman–Crippen LogP) is 2.44. The van der Waals surface area contributed by atoms with Crippen molar-refractivity contribution in [2.45, 2.75) is 6.92 Å². The highest BCUT2D eigenvalue weighted by molar-refractivity contribution is 7.77. The average Bonchev–Trinajstić information content (AvgIpc) is 1.85. The van der Waals surface area contributed by atoms with Crippen LogP contribution in [-0.2, 0) is 4.74 Å². The smallest absolute Gasteiger partial charge is 0.328 e. The van der Waals surface area contributed by atoms with Crippen molar-refractivity contribution in [3.63, 3.8) is 0 Å². The van der Waals surface area contributed by atoms with Crippen LogP contribution in [0, 0.1) is 0 Å². The molecule has 0 atom stereocenters. The number of aliphatic hydroxyl groups is 1. The van der Waals surface area contributed by atoms with Gasteiger partial charge in [-0.1, -0.05) is 0 Å². The lowest BCUT2D eigenvalue weighted by Crippen LogP contribution is -1.87. The lowest BCUT2D eigenvalue weighted by Gasteiger charge is -2.08. The third-order valence-electron chi connectivity index (χ3n) is 1.49. The van der Waals surface area contributed by atoms with E-state index in [1.165, 1.54) is 7.11 Å². The zero-order valence-corrected chi connectivity index (χ0v) is 8.70. The van der Waals surface area contributed by atoms with Crippen molar-refractivity contribution in [3.8, 4) is 0 Å². The van der Waals surface area contributed by atoms with Gasteiger partial charge in [0, 0.05) is 19.9 Å². The molecule has 0 aliphatic carbocycles. The summed E-state index contributed by atoms with van der Waals surface area (Å²) in [7, 11) is 0.398. The van der Waals surface area contributed by atoms with E-state index in [4.69, 9.17) is 5.11 Å². The second-order valence-electron chi connectivity index (χ2n) is 3.23. The zero-order chi connectivity index (χ0) is 9.07. The number of allylic oxidation sites excluding steroid dienone is 1. The summed E-state index contributed by atoms with van der Waals surface area (Å²) in [6.07, 6.45) is 0. The molecule has 0 aliphatic rings. The molecule has 0 aromatic carbocycles. The van der Waals surface area contributed by atoms with E-state index in [0.717, 1.165) is 5.31 Å². The maximum Gasteiger partial charge on any atom is 0.328 e. The number of hydrogen-bond acceptors (Lipinski definition) is 2. The fourth-order valence-corrected chi connectivity index (χ4v) is 0.805. The second kappa shape index (κ2) is 3.80. The van der Waals surface area contributed by atoms with E-state index in [-0.39, 0.29) is 5.95 Å². The van der Waals surface area contributed by atoms with Gasteiger partial charge in [-0.2, -0.15) is 0 Å². The van der Waals surface area contributed by atoms with Gasteiger partial charge in [-0.15, -0.1) is 0 Å². The summed E-state index contributed by atoms with van der Waals surface area (Å²) in [6, 6.07) is 0. The van der Waals surface area contributed by atoms with Crippen LogP contribution < -0.4 is 0 Å². The summed E-state index contributed by atoms with van der Waals surface area (Å²) in [5.41, 5.74) is 2.79. The molecular weight excluding hydrogens is 159 g/mol. The maximum atomic E-state index is 8.97. The van der Waals surface area contributed by atoms with Crippen molar-refractivity contribution >= 4 is 7.26 Å². The maximum absolute atomic E-state index is 8.97. The Hall–Kier alpha value is -0.450. The minimum absolute atomic E-state index is 0.127. The fourth-order valence-electron chi connectivity index (χ4n) is 0.373. The molecule has 0 rings (SSSR count). The molecule has 0 unspecified atom stereocenters. The zero-order valence-electron chi connectivity index (χ0n) is 7.80. The van der Waals surface area contributed by atoms with Crippen molar-refractivity contribution < 1.29 is 9.84 Å². The van der Waals surface area contributed by atoms with E-state index < -0.39 is 7.26 Å². The van der Waals surface area contributed by atoms with Crippen LogP contribution in [0.4, 0.5) is 0 Å². The number of rotatable bonds is 2. The normalized spacial score (nSPS) is 10.3. The Balaban J connectivity index is 4.72. The van der Waals surface area contributed by atoms with Crippen molar-refractivity contribution in [1.82, 2.24) is 0 Å². The Morgan fingerprint density at radius 1 is 1.36 bits per heavy atom. The molecule has 0 spiro atoms. The number of aliphatic hydroxyl groups excluding tert-OH is 1. The molecule has 11 heavy (non-hydrogen) atoms. The lowest BCUT2D eigenvalue weighted by molar-refractivity contribution is 0.137. The Labute approximate surface area is 68.9 Å². The summed E-state index contributed by atoms with van der Waals surface area (Å²) >= 11 is 0. The summed E-state index contributed by atoms with van der Waals surface area (Å²) in [4.78, 5) is 0. The van der Waals surface area contributed by atoms with Gasteiger partial charge in [0.25, 0.3) is 0 Å². The largest absolute Gasteiger partial charge is 0.475 e. The highest BCUT2D eigenvalue weighted by atomic mass is 31.2. The van der Waals surface area contributed by atoms with Crippen LogP contribution in [0.25, 0.3) is 0 Å². The molecule has 0 aromatic heterocycles. The average molecular weight is 175 g/mol. The third kappa shape index (κ3) is 4.08. The van der Waals surface area contributed by atoms with Gasteiger partial charge in [-0.25, -0.2) is 0 Å². The van der Waals surface area contributed by atoms with Crippen molar-refractivity contribution in [3.05, 3.63) is 17.0 Å². The van der Waals surface area contributed by atoms with Crippen molar-refractivity contribution in [2.75, 3.05) is 27.1 Å². The number of hydrogen-bond donors (Lipinski definition) is 1. The minimum atomic E-state index is -1.03. The van der Waals surface area contributed by atoms with Gasteiger partial charge in [0.05, 0.1) is 27.1 Å². The highest BCUT2D eigenvalue weighted by Crippen LogP contribution is 2.54. The lowest BCUT2D eigenvalue weighted by atomic mass is 10.6. The summed E-state index contributed by atoms with van der Waals surface area (Å²) in [6.45, 7) is 8.46. The Kier molecular flexibility index (Phi) is 3.65. The highest BCUT2D eigenvalue weighted by Gasteiger charge is 2.20. The van der Waals surface area contributed by atoms with Gasteiger partial charge >= 0.3 is 5.95 Å². The Morgan fingerprint density at radius 2 is 1.82 bits per heavy atom. The SMILES string of the molecule is COC(O)=C=C(C)[P+](C)(C)C. The first-order chi connectivity index (χ1) is 4.88. The van der Waals surface area contributed by atoms with E-state index in [1.54, 1.807) is 0 Å². The molecule has 0 saturated heterocycles. The van der Waals surface area contributed by atoms with E-state index in [9.17, 15) is 0 Å². The van der Waals surface area contributed by atoms with Crippen LogP contribution in [0.2, 0.25) is 0 Å². The van der Waals surface area contributed by atoms with E-state index in [0.29, 0.717) is 0 Å². The molecule has 3 heteroatoms. The summed E-state index contributed by atoms with van der Waals surface area (Å²) in [5, 5.41) is 10.1. The first-order valence-corrected chi connectivity index (χ1v) is 6.53. The van der Waals surface area contributed by atoms with Gasteiger partial charge < -0.3 is 9.84 Å². The number of ether oxygens (including phenoxy) is 1. The van der Waals surface area contributed by atoms with E-state index in [1.807, 2.05) is 6.92 Å². The molecular formula is C8H16O2P+. The molecule has 0 aliphatic heterocycles. The van der Waals surface area contributed by atoms with Crippen LogP contribution in [-0.4, -0.2) is 32.2 Å². The standard InChI is InChI=1S/C8H15O2P/c1-7(11(3,4)5)6-8(9)10-2/h1-5H3/p+1.